The molecular formula is C19H18BFO4. The minimum Gasteiger partial charge on any atom is -0.488 e. The van der Waals surface area contributed by atoms with Crippen LogP contribution in [0.3, 0.4) is 0 Å². The van der Waals surface area contributed by atoms with E-state index in [-0.39, 0.29) is 24.8 Å². The Bertz CT molecular complexity index is 904. The monoisotopic (exact) mass is 340 g/mol. The van der Waals surface area contributed by atoms with Crippen molar-refractivity contribution in [3.63, 3.8) is 0 Å². The van der Waals surface area contributed by atoms with E-state index in [1.165, 1.54) is 6.26 Å². The molecule has 0 N–H and O–H groups in total. The third-order valence-electron chi connectivity index (χ3n) is 3.97. The zero-order valence-corrected chi connectivity index (χ0v) is 14.2. The number of hydrogen-bond donors (Lipinski definition) is 0. The second-order valence-corrected chi connectivity index (χ2v) is 5.69. The van der Waals surface area contributed by atoms with Crippen LogP contribution in [-0.4, -0.2) is 20.4 Å². The molecular weight excluding hydrogens is 322 g/mol. The molecule has 0 atom stereocenters. The van der Waals surface area contributed by atoms with E-state index in [9.17, 15) is 9.18 Å². The van der Waals surface area contributed by atoms with Crippen LogP contribution in [0.5, 0.6) is 5.75 Å². The number of esters is 1. The molecule has 0 fully saturated rings. The van der Waals surface area contributed by atoms with E-state index in [0.717, 1.165) is 5.39 Å². The standard InChI is InChI=1S/C19H18BFO4/c1-2-23-16(22)10-12-5-3-4-6-15(12)25-11-14-9-13-7-8-24-19(13)17(20)18(14)21/h3-9H,2,10-11,20H2,1H3. The summed E-state index contributed by atoms with van der Waals surface area (Å²) < 4.78 is 30.6. The molecule has 3 aromatic rings. The van der Waals surface area contributed by atoms with Gasteiger partial charge >= 0.3 is 5.97 Å². The van der Waals surface area contributed by atoms with Crippen molar-refractivity contribution in [2.45, 2.75) is 20.0 Å². The first kappa shape index (κ1) is 17.1. The summed E-state index contributed by atoms with van der Waals surface area (Å²) in [6.07, 6.45) is 1.66. The maximum atomic E-state index is 14.5. The second kappa shape index (κ2) is 7.42. The van der Waals surface area contributed by atoms with Crippen LogP contribution < -0.4 is 10.2 Å². The summed E-state index contributed by atoms with van der Waals surface area (Å²) in [5.74, 6) is -0.120. The Hall–Kier alpha value is -2.76. The topological polar surface area (TPSA) is 48.7 Å². The Labute approximate surface area is 145 Å². The lowest BCUT2D eigenvalue weighted by molar-refractivity contribution is -0.142. The van der Waals surface area contributed by atoms with E-state index in [2.05, 4.69) is 0 Å². The van der Waals surface area contributed by atoms with Gasteiger partial charge < -0.3 is 13.9 Å². The van der Waals surface area contributed by atoms with Crippen molar-refractivity contribution >= 4 is 30.2 Å². The minimum atomic E-state index is -0.342. The van der Waals surface area contributed by atoms with Gasteiger partial charge in [0.05, 0.1) is 19.3 Å². The number of carbonyl (C=O) groups excluding carboxylic acids is 1. The molecule has 25 heavy (non-hydrogen) atoms. The number of benzene rings is 2. The zero-order chi connectivity index (χ0) is 17.8. The number of rotatable bonds is 6. The van der Waals surface area contributed by atoms with Crippen LogP contribution in [0.2, 0.25) is 0 Å². The lowest BCUT2D eigenvalue weighted by Gasteiger charge is -2.12. The maximum absolute atomic E-state index is 14.5. The number of hydrogen-bond acceptors (Lipinski definition) is 4. The van der Waals surface area contributed by atoms with Crippen molar-refractivity contribution in [2.24, 2.45) is 0 Å². The van der Waals surface area contributed by atoms with Crippen molar-refractivity contribution in [2.75, 3.05) is 6.61 Å². The van der Waals surface area contributed by atoms with Gasteiger partial charge in [0, 0.05) is 16.5 Å². The van der Waals surface area contributed by atoms with Crippen LogP contribution in [0, 0.1) is 5.82 Å². The maximum Gasteiger partial charge on any atom is 0.310 e. The van der Waals surface area contributed by atoms with E-state index in [1.54, 1.807) is 39.0 Å². The van der Waals surface area contributed by atoms with Gasteiger partial charge in [0.25, 0.3) is 0 Å². The largest absolute Gasteiger partial charge is 0.488 e. The van der Waals surface area contributed by atoms with Crippen LogP contribution >= 0.6 is 0 Å². The van der Waals surface area contributed by atoms with Gasteiger partial charge in [0.2, 0.25) is 0 Å². The van der Waals surface area contributed by atoms with E-state index in [0.29, 0.717) is 34.5 Å². The van der Waals surface area contributed by atoms with Gasteiger partial charge in [-0.25, -0.2) is 4.39 Å². The first-order chi connectivity index (χ1) is 12.1. The molecule has 0 aliphatic carbocycles. The highest BCUT2D eigenvalue weighted by molar-refractivity contribution is 6.38. The van der Waals surface area contributed by atoms with Crippen LogP contribution in [0.15, 0.2) is 47.1 Å². The predicted molar refractivity (Wildman–Crippen MR) is 95.5 cm³/mol. The number of carbonyl (C=O) groups is 1. The SMILES string of the molecule is Bc1c(F)c(COc2ccccc2CC(=O)OCC)cc2ccoc12. The first-order valence-electron chi connectivity index (χ1n) is 8.11. The van der Waals surface area contributed by atoms with Gasteiger partial charge in [-0.3, -0.25) is 4.79 Å². The molecule has 1 heterocycles. The van der Waals surface area contributed by atoms with Crippen molar-refractivity contribution < 1.29 is 23.1 Å². The third kappa shape index (κ3) is 3.68. The Kier molecular flexibility index (Phi) is 5.07. The normalized spacial score (nSPS) is 10.8. The summed E-state index contributed by atoms with van der Waals surface area (Å²) in [4.78, 5) is 11.7. The van der Waals surface area contributed by atoms with Gasteiger partial charge in [-0.15, -0.1) is 0 Å². The van der Waals surface area contributed by atoms with Crippen molar-refractivity contribution in [3.05, 3.63) is 59.6 Å². The second-order valence-electron chi connectivity index (χ2n) is 5.69. The van der Waals surface area contributed by atoms with E-state index in [1.807, 2.05) is 12.1 Å². The van der Waals surface area contributed by atoms with E-state index >= 15 is 0 Å². The molecule has 0 radical (unpaired) electrons. The number of furan rings is 1. The van der Waals surface area contributed by atoms with Gasteiger partial charge in [-0.2, -0.15) is 0 Å². The summed E-state index contributed by atoms with van der Waals surface area (Å²) in [6.45, 7) is 2.15. The summed E-state index contributed by atoms with van der Waals surface area (Å²) in [6, 6.07) is 10.7. The van der Waals surface area contributed by atoms with Gasteiger partial charge in [0.15, 0.2) is 0 Å². The average molecular weight is 340 g/mol. The smallest absolute Gasteiger partial charge is 0.310 e. The van der Waals surface area contributed by atoms with Crippen molar-refractivity contribution in [1.82, 2.24) is 0 Å². The molecule has 3 rings (SSSR count). The summed E-state index contributed by atoms with van der Waals surface area (Å²) in [7, 11) is 1.68. The fourth-order valence-corrected chi connectivity index (χ4v) is 2.75. The zero-order valence-electron chi connectivity index (χ0n) is 14.2. The quantitative estimate of drug-likeness (QED) is 0.511. The molecule has 0 saturated carbocycles. The molecule has 0 aliphatic heterocycles. The molecule has 128 valence electrons. The molecule has 0 unspecified atom stereocenters. The molecule has 0 amide bonds. The Morgan fingerprint density at radius 3 is 2.84 bits per heavy atom. The molecule has 0 bridgehead atoms. The number of ether oxygens (including phenoxy) is 2. The minimum absolute atomic E-state index is 0.0631. The van der Waals surface area contributed by atoms with E-state index in [4.69, 9.17) is 13.9 Å². The first-order valence-corrected chi connectivity index (χ1v) is 8.11. The van der Waals surface area contributed by atoms with Crippen LogP contribution in [0.1, 0.15) is 18.1 Å². The highest BCUT2D eigenvalue weighted by Crippen LogP contribution is 2.23. The van der Waals surface area contributed by atoms with Gasteiger partial charge in [-0.05, 0) is 30.6 Å². The third-order valence-corrected chi connectivity index (χ3v) is 3.97. The molecule has 1 aromatic heterocycles. The van der Waals surface area contributed by atoms with E-state index < -0.39 is 0 Å². The summed E-state index contributed by atoms with van der Waals surface area (Å²) >= 11 is 0. The highest BCUT2D eigenvalue weighted by Gasteiger charge is 2.14. The van der Waals surface area contributed by atoms with Crippen molar-refractivity contribution in [1.29, 1.82) is 0 Å². The Morgan fingerprint density at radius 2 is 2.04 bits per heavy atom. The molecule has 4 nitrogen and oxygen atoms in total. The molecule has 0 saturated heterocycles. The van der Waals surface area contributed by atoms with Gasteiger partial charge in [-0.1, -0.05) is 18.2 Å². The Balaban J connectivity index is 1.80. The summed E-state index contributed by atoms with van der Waals surface area (Å²) in [5.41, 5.74) is 2.16. The van der Waals surface area contributed by atoms with Crippen LogP contribution in [0.4, 0.5) is 4.39 Å². The number of halogens is 1. The van der Waals surface area contributed by atoms with Gasteiger partial charge in [0.1, 0.15) is 31.6 Å². The molecule has 2 aromatic carbocycles. The van der Waals surface area contributed by atoms with Crippen molar-refractivity contribution in [3.8, 4) is 5.75 Å². The highest BCUT2D eigenvalue weighted by atomic mass is 19.1. The average Bonchev–Trinajstić information content (AvgIpc) is 3.07. The number of fused-ring (bicyclic) bond motifs is 1. The molecule has 6 heteroatoms. The molecule has 0 aliphatic rings. The predicted octanol–water partition coefficient (Wildman–Crippen LogP) is 2.51. The van der Waals surface area contributed by atoms with Crippen LogP contribution in [0.25, 0.3) is 11.0 Å². The summed E-state index contributed by atoms with van der Waals surface area (Å²) in [5, 5.41) is 0.831. The fraction of sp³-hybridized carbons (Fsp3) is 0.211. The lowest BCUT2D eigenvalue weighted by atomic mass is 9.91. The fourth-order valence-electron chi connectivity index (χ4n) is 2.75. The lowest BCUT2D eigenvalue weighted by Crippen LogP contribution is -2.14. The Morgan fingerprint density at radius 1 is 1.24 bits per heavy atom. The number of para-hydroxylation sites is 1. The molecule has 0 spiro atoms. The van der Waals surface area contributed by atoms with Crippen LogP contribution in [-0.2, 0) is 22.6 Å².